The summed E-state index contributed by atoms with van der Waals surface area (Å²) in [7, 11) is 0. The first kappa shape index (κ1) is 25.2. The van der Waals surface area contributed by atoms with Crippen molar-refractivity contribution in [2.45, 2.75) is 118 Å². The Morgan fingerprint density at radius 3 is 2.55 bits per heavy atom. The van der Waals surface area contributed by atoms with Crippen molar-refractivity contribution < 1.29 is 14.6 Å². The summed E-state index contributed by atoms with van der Waals surface area (Å²) in [6.45, 7) is 14.4. The van der Waals surface area contributed by atoms with Gasteiger partial charge in [-0.3, -0.25) is 4.79 Å². The molecule has 1 N–H and O–H groups in total. The predicted octanol–water partition coefficient (Wildman–Crippen LogP) is 7.04. The lowest BCUT2D eigenvalue weighted by Gasteiger charge is -2.56. The second kappa shape index (κ2) is 9.26. The van der Waals surface area contributed by atoms with Crippen LogP contribution in [-0.4, -0.2) is 29.7 Å². The van der Waals surface area contributed by atoms with E-state index in [0.29, 0.717) is 35.7 Å². The van der Waals surface area contributed by atoms with Gasteiger partial charge in [0.1, 0.15) is 6.10 Å². The molecule has 7 atom stereocenters. The van der Waals surface area contributed by atoms with E-state index in [-0.39, 0.29) is 11.2 Å². The topological polar surface area (TPSA) is 46.5 Å². The van der Waals surface area contributed by atoms with Crippen LogP contribution in [0.2, 0.25) is 0 Å². The molecule has 4 rings (SSSR count). The number of aliphatic hydroxyl groups excluding tert-OH is 1. The molecule has 33 heavy (non-hydrogen) atoms. The zero-order valence-electron chi connectivity index (χ0n) is 22.1. The fraction of sp³-hybridized carbons (Fsp3) is 0.833. The smallest absolute Gasteiger partial charge is 0.168 e. The Morgan fingerprint density at radius 1 is 1.09 bits per heavy atom. The maximum Gasteiger partial charge on any atom is 0.168 e. The van der Waals surface area contributed by atoms with Crippen LogP contribution in [0.25, 0.3) is 0 Å². The number of allylic oxidation sites excluding steroid dienone is 3. The first-order valence-electron chi connectivity index (χ1n) is 13.8. The fourth-order valence-corrected chi connectivity index (χ4v) is 7.95. The highest BCUT2D eigenvalue weighted by Gasteiger charge is 2.60. The lowest BCUT2D eigenvalue weighted by atomic mass is 9.49. The maximum absolute atomic E-state index is 12.8. The highest BCUT2D eigenvalue weighted by molar-refractivity contribution is 5.88. The van der Waals surface area contributed by atoms with Crippen LogP contribution in [0, 0.1) is 34.0 Å². The number of fused-ring (bicyclic) bond motifs is 5. The third kappa shape index (κ3) is 4.42. The quantitative estimate of drug-likeness (QED) is 0.418. The summed E-state index contributed by atoms with van der Waals surface area (Å²) in [5.74, 6) is 1.83. The molecule has 2 unspecified atom stereocenters. The van der Waals surface area contributed by atoms with E-state index in [1.807, 2.05) is 0 Å². The normalized spacial score (nSPS) is 40.6. The van der Waals surface area contributed by atoms with Gasteiger partial charge < -0.3 is 9.84 Å². The number of hydrogen-bond donors (Lipinski definition) is 1. The van der Waals surface area contributed by atoms with Gasteiger partial charge in [0.25, 0.3) is 0 Å². The number of hydrogen-bond acceptors (Lipinski definition) is 3. The number of carbonyl (C=O) groups is 1. The Hall–Kier alpha value is -0.930. The molecule has 0 bridgehead atoms. The molecular weight excluding hydrogens is 408 g/mol. The second-order valence-corrected chi connectivity index (χ2v) is 13.3. The van der Waals surface area contributed by atoms with Crippen molar-refractivity contribution in [2.24, 2.45) is 34.0 Å². The molecule has 0 saturated heterocycles. The van der Waals surface area contributed by atoms with Crippen molar-refractivity contribution in [1.29, 1.82) is 0 Å². The van der Waals surface area contributed by atoms with Crippen molar-refractivity contribution in [3.8, 4) is 0 Å². The van der Waals surface area contributed by atoms with Crippen molar-refractivity contribution in [3.63, 3.8) is 0 Å². The van der Waals surface area contributed by atoms with Crippen molar-refractivity contribution >= 4 is 5.78 Å². The molecule has 3 fully saturated rings. The zero-order valence-corrected chi connectivity index (χ0v) is 22.1. The summed E-state index contributed by atoms with van der Waals surface area (Å²) < 4.78 is 5.91. The van der Waals surface area contributed by atoms with E-state index in [2.05, 4.69) is 53.7 Å². The van der Waals surface area contributed by atoms with E-state index < -0.39 is 12.2 Å². The summed E-state index contributed by atoms with van der Waals surface area (Å²) in [5, 5.41) is 11.5. The van der Waals surface area contributed by atoms with E-state index in [4.69, 9.17) is 4.74 Å². The molecule has 0 heterocycles. The predicted molar refractivity (Wildman–Crippen MR) is 135 cm³/mol. The summed E-state index contributed by atoms with van der Waals surface area (Å²) in [5.41, 5.74) is 3.15. The summed E-state index contributed by atoms with van der Waals surface area (Å²) >= 11 is 0. The molecule has 4 aliphatic rings. The molecule has 0 aromatic carbocycles. The standard InChI is InChI=1S/C30H48O3/c1-7-18-33-26-25(31)19-21-11-13-22-23-14-12-20(10-8-9-16-28(2,3)4)29(23,5)17-15-24(22)30(21,6)27(26)32/h11,13,20,23-24,26-27,32H,7-10,12,14-19H2,1-6H3/t20-,23?,24?,26+,27-,29+,30-/m0/s1. The van der Waals surface area contributed by atoms with Gasteiger partial charge in [-0.15, -0.1) is 0 Å². The van der Waals surface area contributed by atoms with Gasteiger partial charge in [0.05, 0.1) is 6.10 Å². The van der Waals surface area contributed by atoms with Crippen LogP contribution in [0.15, 0.2) is 23.3 Å². The molecule has 0 aliphatic heterocycles. The molecule has 186 valence electrons. The molecule has 3 heteroatoms. The van der Waals surface area contributed by atoms with Gasteiger partial charge in [-0.25, -0.2) is 0 Å². The zero-order chi connectivity index (χ0) is 24.0. The molecule has 0 aromatic heterocycles. The SMILES string of the molecule is CCCO[C@@H]1C(=O)CC2=CC=C3C4CC[C@H](CCCCC(C)(C)C)[C@@]4(C)CCC3[C@@]2(C)[C@H]1O. The Morgan fingerprint density at radius 2 is 1.85 bits per heavy atom. The van der Waals surface area contributed by atoms with Crippen molar-refractivity contribution in [2.75, 3.05) is 6.61 Å². The number of Topliss-reactive ketones (excluding diaryl/α,β-unsaturated/α-hetero) is 1. The Bertz CT molecular complexity index is 802. The number of carbonyl (C=O) groups excluding carboxylic acids is 1. The van der Waals surface area contributed by atoms with E-state index >= 15 is 0 Å². The summed E-state index contributed by atoms with van der Waals surface area (Å²) in [6, 6.07) is 0. The average Bonchev–Trinajstić information content (AvgIpc) is 3.08. The van der Waals surface area contributed by atoms with Crippen LogP contribution in [0.5, 0.6) is 0 Å². The maximum atomic E-state index is 12.8. The van der Waals surface area contributed by atoms with Crippen LogP contribution >= 0.6 is 0 Å². The number of aliphatic hydroxyl groups is 1. The van der Waals surface area contributed by atoms with Gasteiger partial charge in [0, 0.05) is 18.4 Å². The van der Waals surface area contributed by atoms with Crippen LogP contribution in [0.4, 0.5) is 0 Å². The minimum absolute atomic E-state index is 0.0494. The second-order valence-electron chi connectivity index (χ2n) is 13.3. The molecule has 3 saturated carbocycles. The Kier molecular flexibility index (Phi) is 7.07. The third-order valence-corrected chi connectivity index (χ3v) is 10.0. The van der Waals surface area contributed by atoms with Crippen molar-refractivity contribution in [3.05, 3.63) is 23.3 Å². The number of ether oxygens (including phenoxy) is 1. The molecule has 0 aromatic rings. The minimum Gasteiger partial charge on any atom is -0.389 e. The van der Waals surface area contributed by atoms with E-state index in [9.17, 15) is 9.90 Å². The van der Waals surface area contributed by atoms with Gasteiger partial charge in [0.2, 0.25) is 0 Å². The Balaban J connectivity index is 1.51. The fourth-order valence-electron chi connectivity index (χ4n) is 7.95. The van der Waals surface area contributed by atoms with Crippen molar-refractivity contribution in [1.82, 2.24) is 0 Å². The molecule has 0 radical (unpaired) electrons. The number of unbranched alkanes of at least 4 members (excludes halogenated alkanes) is 1. The van der Waals surface area contributed by atoms with Gasteiger partial charge in [-0.1, -0.05) is 77.7 Å². The molecule has 0 amide bonds. The average molecular weight is 457 g/mol. The lowest BCUT2D eigenvalue weighted by Crippen LogP contribution is -2.58. The largest absolute Gasteiger partial charge is 0.389 e. The van der Waals surface area contributed by atoms with E-state index in [1.54, 1.807) is 5.57 Å². The molecule has 4 aliphatic carbocycles. The number of rotatable bonds is 7. The third-order valence-electron chi connectivity index (χ3n) is 10.0. The van der Waals surface area contributed by atoms with E-state index in [0.717, 1.165) is 24.3 Å². The molecule has 0 spiro atoms. The Labute approximate surface area is 202 Å². The monoisotopic (exact) mass is 456 g/mol. The van der Waals surface area contributed by atoms with Gasteiger partial charge in [-0.05, 0) is 73.5 Å². The van der Waals surface area contributed by atoms with E-state index in [1.165, 1.54) is 44.9 Å². The molecular formula is C30H48O3. The van der Waals surface area contributed by atoms with Crippen LogP contribution in [0.1, 0.15) is 106 Å². The van der Waals surface area contributed by atoms with Gasteiger partial charge in [0.15, 0.2) is 5.78 Å². The highest BCUT2D eigenvalue weighted by atomic mass is 16.5. The lowest BCUT2D eigenvalue weighted by molar-refractivity contribution is -0.155. The first-order valence-corrected chi connectivity index (χ1v) is 13.8. The summed E-state index contributed by atoms with van der Waals surface area (Å²) in [6.07, 6.45) is 14.8. The van der Waals surface area contributed by atoms with Gasteiger partial charge >= 0.3 is 0 Å². The van der Waals surface area contributed by atoms with Crippen LogP contribution in [-0.2, 0) is 9.53 Å². The molecule has 3 nitrogen and oxygen atoms in total. The number of ketones is 1. The van der Waals surface area contributed by atoms with Crippen LogP contribution in [0.3, 0.4) is 0 Å². The first-order chi connectivity index (χ1) is 15.5. The summed E-state index contributed by atoms with van der Waals surface area (Å²) in [4.78, 5) is 12.8. The highest BCUT2D eigenvalue weighted by Crippen LogP contribution is 2.65. The van der Waals surface area contributed by atoms with Gasteiger partial charge in [-0.2, -0.15) is 0 Å². The van der Waals surface area contributed by atoms with Crippen LogP contribution < -0.4 is 0 Å². The minimum atomic E-state index is -0.746.